The van der Waals surface area contributed by atoms with Gasteiger partial charge in [0.1, 0.15) is 24.6 Å². The summed E-state index contributed by atoms with van der Waals surface area (Å²) in [7, 11) is 0. The highest BCUT2D eigenvalue weighted by Gasteiger charge is 2.37. The first-order valence-corrected chi connectivity index (χ1v) is 6.59. The number of rotatable bonds is 7. The van der Waals surface area contributed by atoms with Crippen LogP contribution >= 0.6 is 0 Å². The molecule has 0 bridgehead atoms. The van der Waals surface area contributed by atoms with Crippen LogP contribution < -0.4 is 0 Å². The third-order valence-corrected chi connectivity index (χ3v) is 2.80. The SMILES string of the molecule is O=C(CN1C(=O)CN(/N=C/c2ccc([N+](=O)[O-])o2)C1=O)OCCO. The Kier molecular flexibility index (Phi) is 5.21. The monoisotopic (exact) mass is 340 g/mol. The molecular weight excluding hydrogens is 328 g/mol. The van der Waals surface area contributed by atoms with Crippen molar-refractivity contribution in [2.45, 2.75) is 0 Å². The first kappa shape index (κ1) is 17.1. The molecule has 0 radical (unpaired) electrons. The third-order valence-electron chi connectivity index (χ3n) is 2.80. The molecule has 1 aliphatic rings. The van der Waals surface area contributed by atoms with E-state index < -0.39 is 41.8 Å². The van der Waals surface area contributed by atoms with Crippen molar-refractivity contribution in [1.82, 2.24) is 9.91 Å². The fourth-order valence-electron chi connectivity index (χ4n) is 1.74. The van der Waals surface area contributed by atoms with Crippen LogP contribution in [0.4, 0.5) is 10.7 Å². The number of carbonyl (C=O) groups excluding carboxylic acids is 3. The average molecular weight is 340 g/mol. The Labute approximate surface area is 134 Å². The average Bonchev–Trinajstić information content (AvgIpc) is 3.11. The van der Waals surface area contributed by atoms with Gasteiger partial charge in [0.15, 0.2) is 5.76 Å². The lowest BCUT2D eigenvalue weighted by atomic mass is 10.5. The van der Waals surface area contributed by atoms with Crippen LogP contribution in [0, 0.1) is 10.1 Å². The number of carbonyl (C=O) groups is 3. The third kappa shape index (κ3) is 3.92. The molecule has 1 saturated heterocycles. The van der Waals surface area contributed by atoms with E-state index in [1.807, 2.05) is 0 Å². The highest BCUT2D eigenvalue weighted by Crippen LogP contribution is 2.15. The van der Waals surface area contributed by atoms with E-state index in [1.54, 1.807) is 0 Å². The zero-order valence-corrected chi connectivity index (χ0v) is 12.2. The Hall–Kier alpha value is -3.28. The number of hydrogen-bond donors (Lipinski definition) is 1. The summed E-state index contributed by atoms with van der Waals surface area (Å²) in [5, 5.41) is 23.5. The molecule has 0 aliphatic carbocycles. The van der Waals surface area contributed by atoms with Crippen LogP contribution in [-0.4, -0.2) is 70.4 Å². The molecule has 1 N–H and O–H groups in total. The summed E-state index contributed by atoms with van der Waals surface area (Å²) in [5.41, 5.74) is 0. The van der Waals surface area contributed by atoms with E-state index in [-0.39, 0.29) is 19.0 Å². The Morgan fingerprint density at radius 3 is 2.88 bits per heavy atom. The van der Waals surface area contributed by atoms with Gasteiger partial charge < -0.3 is 14.3 Å². The second kappa shape index (κ2) is 7.32. The molecule has 1 aromatic rings. The molecule has 0 aromatic carbocycles. The Bertz CT molecular complexity index is 697. The van der Waals surface area contributed by atoms with Crippen molar-refractivity contribution in [3.8, 4) is 0 Å². The maximum absolute atomic E-state index is 12.0. The van der Waals surface area contributed by atoms with Crippen LogP contribution in [0.2, 0.25) is 0 Å². The summed E-state index contributed by atoms with van der Waals surface area (Å²) in [5.74, 6) is -1.99. The number of nitrogens with zero attached hydrogens (tertiary/aromatic N) is 4. The summed E-state index contributed by atoms with van der Waals surface area (Å²) < 4.78 is 9.39. The van der Waals surface area contributed by atoms with Crippen LogP contribution in [0.15, 0.2) is 21.7 Å². The van der Waals surface area contributed by atoms with Crippen molar-refractivity contribution >= 4 is 30.0 Å². The molecule has 128 valence electrons. The molecule has 1 fully saturated rings. The van der Waals surface area contributed by atoms with Gasteiger partial charge in [-0.05, 0) is 6.07 Å². The van der Waals surface area contributed by atoms with Crippen molar-refractivity contribution in [1.29, 1.82) is 0 Å². The van der Waals surface area contributed by atoms with E-state index in [1.165, 1.54) is 6.07 Å². The lowest BCUT2D eigenvalue weighted by Crippen LogP contribution is -2.37. The Balaban J connectivity index is 1.98. The fourth-order valence-corrected chi connectivity index (χ4v) is 1.74. The number of aliphatic hydroxyl groups excluding tert-OH is 1. The number of hydrazone groups is 1. The quantitative estimate of drug-likeness (QED) is 0.225. The lowest BCUT2D eigenvalue weighted by Gasteiger charge is -2.12. The highest BCUT2D eigenvalue weighted by atomic mass is 16.6. The van der Waals surface area contributed by atoms with Gasteiger partial charge in [-0.15, -0.1) is 0 Å². The first-order chi connectivity index (χ1) is 11.4. The summed E-state index contributed by atoms with van der Waals surface area (Å²) in [6.07, 6.45) is 1.03. The zero-order chi connectivity index (χ0) is 17.7. The Morgan fingerprint density at radius 1 is 1.50 bits per heavy atom. The second-order valence-electron chi connectivity index (χ2n) is 4.44. The maximum Gasteiger partial charge on any atom is 0.433 e. The molecule has 0 spiro atoms. The van der Waals surface area contributed by atoms with Gasteiger partial charge in [0.05, 0.1) is 18.9 Å². The van der Waals surface area contributed by atoms with Gasteiger partial charge in [-0.25, -0.2) is 14.7 Å². The van der Waals surface area contributed by atoms with Crippen molar-refractivity contribution < 1.29 is 33.6 Å². The van der Waals surface area contributed by atoms with Crippen LogP contribution in [0.5, 0.6) is 0 Å². The topological polar surface area (TPSA) is 156 Å². The molecule has 0 atom stereocenters. The van der Waals surface area contributed by atoms with Crippen molar-refractivity contribution in [3.05, 3.63) is 28.0 Å². The molecule has 12 nitrogen and oxygen atoms in total. The molecule has 2 heterocycles. The van der Waals surface area contributed by atoms with Gasteiger partial charge in [0.25, 0.3) is 5.91 Å². The van der Waals surface area contributed by atoms with Crippen LogP contribution in [-0.2, 0) is 14.3 Å². The van der Waals surface area contributed by atoms with Gasteiger partial charge in [0.2, 0.25) is 0 Å². The summed E-state index contributed by atoms with van der Waals surface area (Å²) in [4.78, 5) is 45.5. The van der Waals surface area contributed by atoms with Gasteiger partial charge in [-0.1, -0.05) is 0 Å². The number of amides is 3. The summed E-state index contributed by atoms with van der Waals surface area (Å²) in [6.45, 7) is -1.62. The van der Waals surface area contributed by atoms with Crippen LogP contribution in [0.1, 0.15) is 5.76 Å². The predicted octanol–water partition coefficient (Wildman–Crippen LogP) is -0.679. The zero-order valence-electron chi connectivity index (χ0n) is 12.2. The van der Waals surface area contributed by atoms with E-state index in [4.69, 9.17) is 9.52 Å². The Morgan fingerprint density at radius 2 is 2.25 bits per heavy atom. The molecule has 2 rings (SSSR count). The smallest absolute Gasteiger partial charge is 0.433 e. The predicted molar refractivity (Wildman–Crippen MR) is 74.8 cm³/mol. The standard InChI is InChI=1S/C12H12N4O8/c17-3-4-23-11(19)7-14-9(18)6-15(12(14)20)13-5-8-1-2-10(24-8)16(21)22/h1-2,5,17H,3-4,6-7H2/b13-5+. The number of hydrogen-bond acceptors (Lipinski definition) is 9. The minimum absolute atomic E-state index is 0.0164. The summed E-state index contributed by atoms with van der Waals surface area (Å²) in [6, 6.07) is 1.54. The van der Waals surface area contributed by atoms with E-state index in [9.17, 15) is 24.5 Å². The van der Waals surface area contributed by atoms with Crippen molar-refractivity contribution in [2.24, 2.45) is 5.10 Å². The van der Waals surface area contributed by atoms with Crippen molar-refractivity contribution in [3.63, 3.8) is 0 Å². The van der Waals surface area contributed by atoms with E-state index in [2.05, 4.69) is 9.84 Å². The molecule has 1 aliphatic heterocycles. The van der Waals surface area contributed by atoms with Gasteiger partial charge in [-0.3, -0.25) is 19.7 Å². The summed E-state index contributed by atoms with van der Waals surface area (Å²) >= 11 is 0. The second-order valence-corrected chi connectivity index (χ2v) is 4.44. The minimum Gasteiger partial charge on any atom is -0.462 e. The normalized spacial score (nSPS) is 14.7. The molecule has 24 heavy (non-hydrogen) atoms. The lowest BCUT2D eigenvalue weighted by molar-refractivity contribution is -0.402. The molecular formula is C12H12N4O8. The van der Waals surface area contributed by atoms with Crippen LogP contribution in [0.3, 0.4) is 0 Å². The number of furan rings is 1. The number of urea groups is 1. The van der Waals surface area contributed by atoms with Gasteiger partial charge in [0, 0.05) is 0 Å². The largest absolute Gasteiger partial charge is 0.462 e. The maximum atomic E-state index is 12.0. The molecule has 12 heteroatoms. The number of nitro groups is 1. The molecule has 0 saturated carbocycles. The number of imide groups is 1. The molecule has 0 unspecified atom stereocenters. The number of ether oxygens (including phenoxy) is 1. The first-order valence-electron chi connectivity index (χ1n) is 6.59. The van der Waals surface area contributed by atoms with Gasteiger partial charge in [-0.2, -0.15) is 5.10 Å². The van der Waals surface area contributed by atoms with Gasteiger partial charge >= 0.3 is 17.9 Å². The van der Waals surface area contributed by atoms with Crippen LogP contribution in [0.25, 0.3) is 0 Å². The minimum atomic E-state index is -0.849. The number of aliphatic hydroxyl groups is 1. The fraction of sp³-hybridized carbons (Fsp3) is 0.333. The highest BCUT2D eigenvalue weighted by molar-refractivity contribution is 6.04. The molecule has 1 aromatic heterocycles. The van der Waals surface area contributed by atoms with E-state index in [0.29, 0.717) is 4.90 Å². The van der Waals surface area contributed by atoms with E-state index >= 15 is 0 Å². The number of esters is 1. The molecule has 3 amide bonds. The van der Waals surface area contributed by atoms with Crippen molar-refractivity contribution in [2.75, 3.05) is 26.3 Å². The van der Waals surface area contributed by atoms with E-state index in [0.717, 1.165) is 17.3 Å².